The van der Waals surface area contributed by atoms with E-state index in [2.05, 4.69) is 9.84 Å². The van der Waals surface area contributed by atoms with Crippen LogP contribution in [0, 0.1) is 0 Å². The van der Waals surface area contributed by atoms with E-state index in [-0.39, 0.29) is 19.0 Å². The first kappa shape index (κ1) is 20.1. The molecule has 10 nitrogen and oxygen atoms in total. The highest BCUT2D eigenvalue weighted by Crippen LogP contribution is 2.40. The third kappa shape index (κ3) is 7.63. The summed E-state index contributed by atoms with van der Waals surface area (Å²) in [6.07, 6.45) is -5.56. The van der Waals surface area contributed by atoms with Crippen molar-refractivity contribution in [3.8, 4) is 0 Å². The van der Waals surface area contributed by atoms with Gasteiger partial charge in [-0.25, -0.2) is 0 Å². The molecule has 1 unspecified atom stereocenters. The van der Waals surface area contributed by atoms with Crippen molar-refractivity contribution >= 4 is 19.8 Å². The van der Waals surface area contributed by atoms with E-state index in [0.29, 0.717) is 0 Å². The fourth-order valence-corrected chi connectivity index (χ4v) is 2.23. The van der Waals surface area contributed by atoms with Gasteiger partial charge in [-0.05, 0) is 0 Å². The van der Waals surface area contributed by atoms with Gasteiger partial charge in [-0.15, -0.1) is 0 Å². The van der Waals surface area contributed by atoms with Crippen molar-refractivity contribution in [2.45, 2.75) is 31.3 Å². The fraction of sp³-hybridized carbons (Fsp3) is 0.800. The third-order valence-electron chi connectivity index (χ3n) is 2.49. The van der Waals surface area contributed by atoms with Gasteiger partial charge in [0.15, 0.2) is 0 Å². The molecule has 0 radical (unpaired) electrons. The average Bonchev–Trinajstić information content (AvgIpc) is 2.40. The van der Waals surface area contributed by atoms with Crippen molar-refractivity contribution in [3.63, 3.8) is 0 Å². The second-order valence-electron chi connectivity index (χ2n) is 4.36. The van der Waals surface area contributed by atoms with Crippen molar-refractivity contribution in [1.29, 1.82) is 0 Å². The van der Waals surface area contributed by atoms with E-state index in [1.165, 1.54) is 0 Å². The molecule has 21 heavy (non-hydrogen) atoms. The van der Waals surface area contributed by atoms with Gasteiger partial charge >= 0.3 is 7.60 Å². The molecule has 5 atom stereocenters. The molecule has 124 valence electrons. The van der Waals surface area contributed by atoms with E-state index in [1.807, 2.05) is 0 Å². The van der Waals surface area contributed by atoms with Gasteiger partial charge in [-0.2, -0.15) is 0 Å². The smallest absolute Gasteiger partial charge is 0.329 e. The summed E-state index contributed by atoms with van der Waals surface area (Å²) < 4.78 is 15.9. The van der Waals surface area contributed by atoms with Crippen LogP contribution in [0.1, 0.15) is 6.92 Å². The number of carbonyl (C=O) groups is 2. The molecule has 0 spiro atoms. The number of aldehydes is 1. The van der Waals surface area contributed by atoms with Crippen LogP contribution in [0.3, 0.4) is 0 Å². The van der Waals surface area contributed by atoms with Crippen molar-refractivity contribution in [1.82, 2.24) is 5.32 Å². The summed E-state index contributed by atoms with van der Waals surface area (Å²) in [6, 6.07) is -1.43. The van der Waals surface area contributed by atoms with Crippen molar-refractivity contribution < 1.29 is 38.9 Å². The molecule has 0 aliphatic rings. The average molecular weight is 328 g/mol. The number of aliphatic hydroxyl groups excluding tert-OH is 3. The van der Waals surface area contributed by atoms with Crippen molar-refractivity contribution in [3.05, 3.63) is 0 Å². The highest BCUT2D eigenvalue weighted by atomic mass is 31.2. The van der Waals surface area contributed by atoms with Crippen molar-refractivity contribution in [2.24, 2.45) is 5.73 Å². The molecule has 11 heteroatoms. The summed E-state index contributed by atoms with van der Waals surface area (Å²) in [6.45, 7) is 0.242. The molecule has 0 aromatic rings. The molecule has 0 rings (SSSR count). The van der Waals surface area contributed by atoms with Gasteiger partial charge in [0, 0.05) is 13.5 Å². The Hall–Kier alpha value is -0.870. The Labute approximate surface area is 121 Å². The molecule has 0 heterocycles. The van der Waals surface area contributed by atoms with E-state index in [4.69, 9.17) is 5.73 Å². The van der Waals surface area contributed by atoms with Crippen LogP contribution in [0.2, 0.25) is 0 Å². The van der Waals surface area contributed by atoms with Crippen LogP contribution in [0.4, 0.5) is 0 Å². The summed E-state index contributed by atoms with van der Waals surface area (Å²) in [5.41, 5.74) is 5.09. The van der Waals surface area contributed by atoms with Crippen LogP contribution in [0.5, 0.6) is 0 Å². The number of carbonyl (C=O) groups excluding carboxylic acids is 2. The maximum atomic E-state index is 11.3. The van der Waals surface area contributed by atoms with Gasteiger partial charge in [0.2, 0.25) is 5.91 Å². The zero-order valence-electron chi connectivity index (χ0n) is 11.5. The van der Waals surface area contributed by atoms with Gasteiger partial charge in [0.25, 0.3) is 0 Å². The highest BCUT2D eigenvalue weighted by molar-refractivity contribution is 7.52. The van der Waals surface area contributed by atoms with Crippen LogP contribution in [-0.2, 0) is 18.7 Å². The topological polar surface area (TPSA) is 179 Å². The molecule has 0 aliphatic heterocycles. The Kier molecular flexibility index (Phi) is 8.83. The molecule has 0 bridgehead atoms. The molecule has 0 saturated carbocycles. The lowest BCUT2D eigenvalue weighted by atomic mass is 10.0. The number of nitrogens with two attached hydrogens (primary N) is 1. The minimum atomic E-state index is -3.99. The molecule has 0 saturated heterocycles. The zero-order chi connectivity index (χ0) is 16.6. The monoisotopic (exact) mass is 328 g/mol. The molecular weight excluding hydrogens is 307 g/mol. The quantitative estimate of drug-likeness (QED) is 0.179. The summed E-state index contributed by atoms with van der Waals surface area (Å²) in [5.74, 6) is -0.619. The Balaban J connectivity index is 4.54. The third-order valence-corrected chi connectivity index (χ3v) is 3.86. The number of amides is 1. The van der Waals surface area contributed by atoms with E-state index in [0.717, 1.165) is 6.92 Å². The lowest BCUT2D eigenvalue weighted by Crippen LogP contribution is -2.53. The van der Waals surface area contributed by atoms with E-state index >= 15 is 0 Å². The van der Waals surface area contributed by atoms with Crippen LogP contribution < -0.4 is 11.1 Å². The Morgan fingerprint density at radius 1 is 1.38 bits per heavy atom. The summed E-state index contributed by atoms with van der Waals surface area (Å²) in [4.78, 5) is 30.8. The second-order valence-corrected chi connectivity index (χ2v) is 6.34. The normalized spacial score (nSPS) is 19.9. The summed E-state index contributed by atoms with van der Waals surface area (Å²) >= 11 is 0. The zero-order valence-corrected chi connectivity index (χ0v) is 12.3. The lowest BCUT2D eigenvalue weighted by molar-refractivity contribution is -0.129. The Morgan fingerprint density at radius 3 is 2.38 bits per heavy atom. The number of rotatable bonds is 10. The van der Waals surface area contributed by atoms with Crippen LogP contribution in [0.25, 0.3) is 0 Å². The van der Waals surface area contributed by atoms with E-state index < -0.39 is 44.5 Å². The molecule has 0 aliphatic carbocycles. The predicted molar refractivity (Wildman–Crippen MR) is 71.4 cm³/mol. The summed E-state index contributed by atoms with van der Waals surface area (Å²) in [5, 5.41) is 30.9. The Morgan fingerprint density at radius 2 is 1.95 bits per heavy atom. The molecule has 7 N–H and O–H groups in total. The maximum Gasteiger partial charge on any atom is 0.329 e. The first-order chi connectivity index (χ1) is 9.64. The van der Waals surface area contributed by atoms with Gasteiger partial charge in [0.1, 0.15) is 30.6 Å². The summed E-state index contributed by atoms with van der Waals surface area (Å²) in [7, 11) is -3.99. The van der Waals surface area contributed by atoms with Crippen molar-refractivity contribution in [2.75, 3.05) is 19.3 Å². The highest BCUT2D eigenvalue weighted by Gasteiger charge is 2.33. The lowest BCUT2D eigenvalue weighted by Gasteiger charge is -2.27. The van der Waals surface area contributed by atoms with Crippen LogP contribution in [0.15, 0.2) is 0 Å². The second kappa shape index (κ2) is 9.21. The molecule has 0 fully saturated rings. The molecule has 1 amide bonds. The Bertz CT molecular complexity index is 393. The van der Waals surface area contributed by atoms with Crippen LogP contribution in [-0.4, -0.2) is 76.1 Å². The largest absolute Gasteiger partial charge is 0.388 e. The number of aliphatic hydroxyl groups is 3. The van der Waals surface area contributed by atoms with E-state index in [9.17, 15) is 34.4 Å². The van der Waals surface area contributed by atoms with Gasteiger partial charge in [0.05, 0.1) is 12.8 Å². The number of nitrogens with one attached hydrogen (secondary N) is 1. The minimum Gasteiger partial charge on any atom is -0.388 e. The van der Waals surface area contributed by atoms with Crippen LogP contribution >= 0.6 is 7.60 Å². The predicted octanol–water partition coefficient (Wildman–Crippen LogP) is -3.07. The first-order valence-corrected chi connectivity index (χ1v) is 7.84. The molecule has 0 aromatic carbocycles. The fourth-order valence-electron chi connectivity index (χ4n) is 1.39. The van der Waals surface area contributed by atoms with Gasteiger partial charge in [-0.1, -0.05) is 0 Å². The molecule has 0 aromatic heterocycles. The first-order valence-electron chi connectivity index (χ1n) is 6.07. The maximum absolute atomic E-state index is 11.3. The van der Waals surface area contributed by atoms with Gasteiger partial charge in [-0.3, -0.25) is 9.36 Å². The number of hydrogen-bond acceptors (Lipinski definition) is 8. The van der Waals surface area contributed by atoms with Gasteiger partial charge < -0.3 is 40.6 Å². The minimum absolute atomic E-state index is 0.106. The SMILES string of the molecule is CC(=O)N[C@@H](C=O)[C@@H](O)[C@@H](O)[C@H](O)COP(=O)(O)CCN. The number of hydrogen-bond donors (Lipinski definition) is 6. The molecular formula is C10H21N2O8P. The standard InChI is InChI=1S/C10H21N2O8P/c1-6(14)12-7(4-13)9(16)10(17)8(15)5-20-21(18,19)3-2-11/h4,7-10,15-17H,2-3,5,11H2,1H3,(H,12,14)(H,18,19)/t7-,8+,9+,10-/m0/s1. The van der Waals surface area contributed by atoms with E-state index in [1.54, 1.807) is 0 Å².